The summed E-state index contributed by atoms with van der Waals surface area (Å²) >= 11 is 0. The van der Waals surface area contributed by atoms with Gasteiger partial charge in [-0.05, 0) is 12.8 Å². The van der Waals surface area contributed by atoms with Crippen LogP contribution in [0.4, 0.5) is 0 Å². The van der Waals surface area contributed by atoms with Crippen LogP contribution < -0.4 is 0 Å². The van der Waals surface area contributed by atoms with E-state index in [1.807, 2.05) is 0 Å². The van der Waals surface area contributed by atoms with Crippen LogP contribution in [0.3, 0.4) is 0 Å². The lowest BCUT2D eigenvalue weighted by atomic mass is 9.99. The van der Waals surface area contributed by atoms with Gasteiger partial charge in [0, 0.05) is 0 Å². The van der Waals surface area contributed by atoms with Gasteiger partial charge in [0.15, 0.2) is 6.61 Å². The zero-order valence-corrected chi connectivity index (χ0v) is 8.51. The Bertz CT molecular complexity index is 173. The summed E-state index contributed by atoms with van der Waals surface area (Å²) in [4.78, 5) is 11.4. The van der Waals surface area contributed by atoms with E-state index in [-0.39, 0.29) is 18.5 Å². The fourth-order valence-corrected chi connectivity index (χ4v) is 1.31. The quantitative estimate of drug-likeness (QED) is 0.465. The molecule has 0 atom stereocenters. The van der Waals surface area contributed by atoms with Crippen molar-refractivity contribution < 1.29 is 9.53 Å². The van der Waals surface area contributed by atoms with Crippen molar-refractivity contribution in [1.82, 2.24) is 0 Å². The van der Waals surface area contributed by atoms with Gasteiger partial charge in [0.1, 0.15) is 0 Å². The topological polar surface area (TPSA) is 26.3 Å². The van der Waals surface area contributed by atoms with Crippen LogP contribution >= 0.6 is 0 Å². The second-order valence-electron chi connectivity index (χ2n) is 3.09. The molecule has 0 saturated carbocycles. The Morgan fingerprint density at radius 3 is 2.31 bits per heavy atom. The molecule has 0 rings (SSSR count). The number of carbonyl (C=O) groups excluding carboxylic acids is 1. The SMILES string of the molecule is C#CCOC(=O)C(CCC)CCC. The predicted octanol–water partition coefficient (Wildman–Crippen LogP) is 2.38. The Labute approximate surface area is 80.7 Å². The molecule has 2 heteroatoms. The standard InChI is InChI=1S/C11H18O2/c1-4-7-10(8-5-2)11(12)13-9-6-3/h3,10H,4-5,7-9H2,1-2H3. The highest BCUT2D eigenvalue weighted by atomic mass is 16.5. The first kappa shape index (κ1) is 12.0. The van der Waals surface area contributed by atoms with Gasteiger partial charge >= 0.3 is 5.97 Å². The maximum absolute atomic E-state index is 11.4. The maximum atomic E-state index is 11.4. The summed E-state index contributed by atoms with van der Waals surface area (Å²) in [5.74, 6) is 2.20. The van der Waals surface area contributed by atoms with E-state index < -0.39 is 0 Å². The van der Waals surface area contributed by atoms with Crippen LogP contribution in [0.1, 0.15) is 39.5 Å². The van der Waals surface area contributed by atoms with E-state index in [0.29, 0.717) is 0 Å². The molecule has 0 spiro atoms. The summed E-state index contributed by atoms with van der Waals surface area (Å²) in [7, 11) is 0. The zero-order valence-electron chi connectivity index (χ0n) is 8.51. The van der Waals surface area contributed by atoms with E-state index >= 15 is 0 Å². The molecule has 0 amide bonds. The van der Waals surface area contributed by atoms with E-state index in [4.69, 9.17) is 11.2 Å². The molecule has 74 valence electrons. The Balaban J connectivity index is 3.88. The lowest BCUT2D eigenvalue weighted by molar-refractivity contribution is -0.147. The number of esters is 1. The van der Waals surface area contributed by atoms with Gasteiger partial charge < -0.3 is 4.74 Å². The van der Waals surface area contributed by atoms with E-state index in [0.717, 1.165) is 25.7 Å². The van der Waals surface area contributed by atoms with Crippen molar-refractivity contribution in [2.75, 3.05) is 6.61 Å². The van der Waals surface area contributed by atoms with Gasteiger partial charge in [0.2, 0.25) is 0 Å². The number of hydrogen-bond donors (Lipinski definition) is 0. The third-order valence-corrected chi connectivity index (χ3v) is 1.91. The molecule has 0 N–H and O–H groups in total. The molecule has 0 radical (unpaired) electrons. The molecule has 0 unspecified atom stereocenters. The highest BCUT2D eigenvalue weighted by molar-refractivity contribution is 5.72. The number of rotatable bonds is 6. The maximum Gasteiger partial charge on any atom is 0.309 e. The van der Waals surface area contributed by atoms with Crippen LogP contribution in [0.5, 0.6) is 0 Å². The molecule has 0 aliphatic carbocycles. The highest BCUT2D eigenvalue weighted by Gasteiger charge is 2.17. The second kappa shape index (κ2) is 7.67. The summed E-state index contributed by atoms with van der Waals surface area (Å²) in [6, 6.07) is 0. The molecule has 0 aromatic carbocycles. The molecule has 13 heavy (non-hydrogen) atoms. The normalized spacial score (nSPS) is 9.69. The van der Waals surface area contributed by atoms with Crippen LogP contribution in [-0.2, 0) is 9.53 Å². The van der Waals surface area contributed by atoms with Gasteiger partial charge in [0.25, 0.3) is 0 Å². The molecule has 0 aromatic heterocycles. The molecular weight excluding hydrogens is 164 g/mol. The third kappa shape index (κ3) is 5.30. The van der Waals surface area contributed by atoms with Gasteiger partial charge in [-0.25, -0.2) is 0 Å². The highest BCUT2D eigenvalue weighted by Crippen LogP contribution is 2.14. The van der Waals surface area contributed by atoms with Crippen molar-refractivity contribution in [3.05, 3.63) is 0 Å². The molecule has 0 aliphatic rings. The first-order valence-corrected chi connectivity index (χ1v) is 4.86. The Kier molecular flexibility index (Phi) is 7.10. The summed E-state index contributed by atoms with van der Waals surface area (Å²) in [5.41, 5.74) is 0. The minimum Gasteiger partial charge on any atom is -0.452 e. The average molecular weight is 182 g/mol. The summed E-state index contributed by atoms with van der Waals surface area (Å²) < 4.78 is 4.88. The van der Waals surface area contributed by atoms with Crippen LogP contribution in [0.2, 0.25) is 0 Å². The first-order valence-electron chi connectivity index (χ1n) is 4.86. The van der Waals surface area contributed by atoms with Gasteiger partial charge in [0.05, 0.1) is 5.92 Å². The second-order valence-corrected chi connectivity index (χ2v) is 3.09. The van der Waals surface area contributed by atoms with E-state index in [2.05, 4.69) is 19.8 Å². The minimum atomic E-state index is -0.137. The van der Waals surface area contributed by atoms with Crippen LogP contribution in [0.25, 0.3) is 0 Å². The molecule has 0 saturated heterocycles. The van der Waals surface area contributed by atoms with E-state index in [1.165, 1.54) is 0 Å². The molecule has 0 aliphatic heterocycles. The molecule has 0 fully saturated rings. The Morgan fingerprint density at radius 1 is 1.38 bits per heavy atom. The number of carbonyl (C=O) groups is 1. The molecule has 0 bridgehead atoms. The van der Waals surface area contributed by atoms with Crippen molar-refractivity contribution in [2.45, 2.75) is 39.5 Å². The molecule has 0 heterocycles. The van der Waals surface area contributed by atoms with E-state index in [1.54, 1.807) is 0 Å². The predicted molar refractivity (Wildman–Crippen MR) is 53.1 cm³/mol. The zero-order chi connectivity index (χ0) is 10.1. The number of ether oxygens (including phenoxy) is 1. The number of hydrogen-bond acceptors (Lipinski definition) is 2. The average Bonchev–Trinajstić information content (AvgIpc) is 2.14. The largest absolute Gasteiger partial charge is 0.452 e. The lowest BCUT2D eigenvalue weighted by Gasteiger charge is -2.12. The molecular formula is C11H18O2. The third-order valence-electron chi connectivity index (χ3n) is 1.91. The smallest absolute Gasteiger partial charge is 0.309 e. The van der Waals surface area contributed by atoms with Gasteiger partial charge in [-0.3, -0.25) is 4.79 Å². The summed E-state index contributed by atoms with van der Waals surface area (Å²) in [6.07, 6.45) is 8.82. The van der Waals surface area contributed by atoms with Crippen molar-refractivity contribution in [2.24, 2.45) is 5.92 Å². The summed E-state index contributed by atoms with van der Waals surface area (Å²) in [6.45, 7) is 4.23. The van der Waals surface area contributed by atoms with Gasteiger partial charge in [-0.1, -0.05) is 32.6 Å². The lowest BCUT2D eigenvalue weighted by Crippen LogP contribution is -2.17. The van der Waals surface area contributed by atoms with Gasteiger partial charge in [-0.15, -0.1) is 6.42 Å². The van der Waals surface area contributed by atoms with Crippen molar-refractivity contribution in [3.8, 4) is 12.3 Å². The van der Waals surface area contributed by atoms with Crippen LogP contribution in [0.15, 0.2) is 0 Å². The fraction of sp³-hybridized carbons (Fsp3) is 0.727. The van der Waals surface area contributed by atoms with Gasteiger partial charge in [-0.2, -0.15) is 0 Å². The summed E-state index contributed by atoms with van der Waals surface area (Å²) in [5, 5.41) is 0. The van der Waals surface area contributed by atoms with Crippen LogP contribution in [0, 0.1) is 18.3 Å². The van der Waals surface area contributed by atoms with Crippen molar-refractivity contribution in [1.29, 1.82) is 0 Å². The Hall–Kier alpha value is -0.970. The monoisotopic (exact) mass is 182 g/mol. The Morgan fingerprint density at radius 2 is 1.92 bits per heavy atom. The van der Waals surface area contributed by atoms with Crippen molar-refractivity contribution in [3.63, 3.8) is 0 Å². The fourth-order valence-electron chi connectivity index (χ4n) is 1.31. The molecule has 2 nitrogen and oxygen atoms in total. The molecule has 0 aromatic rings. The number of terminal acetylenes is 1. The first-order chi connectivity index (χ1) is 6.26. The van der Waals surface area contributed by atoms with E-state index in [9.17, 15) is 4.79 Å². The van der Waals surface area contributed by atoms with Crippen LogP contribution in [-0.4, -0.2) is 12.6 Å². The minimum absolute atomic E-state index is 0.0448. The van der Waals surface area contributed by atoms with Crippen molar-refractivity contribution >= 4 is 5.97 Å².